The number of aromatic nitrogens is 2. The van der Waals surface area contributed by atoms with Gasteiger partial charge < -0.3 is 9.88 Å². The number of aromatic amines is 1. The first kappa shape index (κ1) is 15.7. The number of rotatable bonds is 5. The molecule has 3 aromatic rings. The van der Waals surface area contributed by atoms with Crippen molar-refractivity contribution in [3.8, 4) is 0 Å². The number of halogens is 1. The van der Waals surface area contributed by atoms with Gasteiger partial charge in [-0.3, -0.25) is 4.79 Å². The molecule has 1 heterocycles. The van der Waals surface area contributed by atoms with E-state index in [4.69, 9.17) is 11.6 Å². The van der Waals surface area contributed by atoms with Gasteiger partial charge in [0.05, 0.1) is 10.9 Å². The first-order valence-corrected chi connectivity index (χ1v) is 7.90. The van der Waals surface area contributed by atoms with E-state index in [1.807, 2.05) is 43.4 Å². The first-order chi connectivity index (χ1) is 11.1. The molecule has 5 heteroatoms. The molecule has 1 N–H and O–H groups in total. The maximum absolute atomic E-state index is 12.0. The smallest absolute Gasteiger partial charge is 0.258 e. The van der Waals surface area contributed by atoms with E-state index in [2.05, 4.69) is 20.9 Å². The molecule has 0 saturated heterocycles. The molecule has 0 atom stereocenters. The van der Waals surface area contributed by atoms with Gasteiger partial charge >= 0.3 is 0 Å². The zero-order valence-electron chi connectivity index (χ0n) is 12.9. The fourth-order valence-electron chi connectivity index (χ4n) is 2.58. The number of fused-ring (bicyclic) bond motifs is 1. The summed E-state index contributed by atoms with van der Waals surface area (Å²) in [5.41, 5.74) is 1.83. The third-order valence-corrected chi connectivity index (χ3v) is 3.97. The van der Waals surface area contributed by atoms with Crippen molar-refractivity contribution in [1.29, 1.82) is 0 Å². The zero-order valence-corrected chi connectivity index (χ0v) is 13.7. The normalized spacial score (nSPS) is 11.3. The lowest BCUT2D eigenvalue weighted by atomic mass is 10.2. The van der Waals surface area contributed by atoms with Crippen molar-refractivity contribution in [2.45, 2.75) is 13.0 Å². The molecular formula is C18H18ClN3O. The van der Waals surface area contributed by atoms with Gasteiger partial charge in [-0.1, -0.05) is 35.9 Å². The fourth-order valence-corrected chi connectivity index (χ4v) is 2.79. The topological polar surface area (TPSA) is 49.0 Å². The van der Waals surface area contributed by atoms with Gasteiger partial charge in [-0.25, -0.2) is 4.98 Å². The third-order valence-electron chi connectivity index (χ3n) is 3.73. The van der Waals surface area contributed by atoms with E-state index in [-0.39, 0.29) is 5.56 Å². The maximum atomic E-state index is 12.0. The van der Waals surface area contributed by atoms with Crippen molar-refractivity contribution in [1.82, 2.24) is 14.9 Å². The van der Waals surface area contributed by atoms with Crippen LogP contribution in [-0.2, 0) is 13.0 Å². The molecule has 118 valence electrons. The van der Waals surface area contributed by atoms with Gasteiger partial charge in [0.2, 0.25) is 0 Å². The second-order valence-electron chi connectivity index (χ2n) is 5.65. The molecule has 0 aliphatic heterocycles. The monoisotopic (exact) mass is 327 g/mol. The molecule has 1 aromatic heterocycles. The van der Waals surface area contributed by atoms with Gasteiger partial charge in [0.25, 0.3) is 5.56 Å². The van der Waals surface area contributed by atoms with Crippen molar-refractivity contribution >= 4 is 22.5 Å². The zero-order chi connectivity index (χ0) is 16.2. The number of H-pyrrole nitrogens is 1. The van der Waals surface area contributed by atoms with Crippen LogP contribution in [0.2, 0.25) is 5.02 Å². The molecule has 0 radical (unpaired) electrons. The lowest BCUT2D eigenvalue weighted by Gasteiger charge is -2.16. The predicted molar refractivity (Wildman–Crippen MR) is 93.9 cm³/mol. The van der Waals surface area contributed by atoms with Crippen LogP contribution in [0.1, 0.15) is 11.4 Å². The number of benzene rings is 2. The van der Waals surface area contributed by atoms with Gasteiger partial charge in [0.15, 0.2) is 0 Å². The van der Waals surface area contributed by atoms with E-state index in [0.29, 0.717) is 17.6 Å². The van der Waals surface area contributed by atoms with E-state index in [1.165, 1.54) is 5.56 Å². The lowest BCUT2D eigenvalue weighted by Crippen LogP contribution is -2.22. The van der Waals surface area contributed by atoms with Crippen molar-refractivity contribution in [2.75, 3.05) is 13.6 Å². The van der Waals surface area contributed by atoms with E-state index >= 15 is 0 Å². The van der Waals surface area contributed by atoms with Gasteiger partial charge in [0, 0.05) is 24.5 Å². The summed E-state index contributed by atoms with van der Waals surface area (Å²) < 4.78 is 0. The largest absolute Gasteiger partial charge is 0.310 e. The summed E-state index contributed by atoms with van der Waals surface area (Å²) in [7, 11) is 2.04. The summed E-state index contributed by atoms with van der Waals surface area (Å²) in [5.74, 6) is 0.714. The first-order valence-electron chi connectivity index (χ1n) is 7.53. The van der Waals surface area contributed by atoms with Crippen molar-refractivity contribution < 1.29 is 0 Å². The second kappa shape index (κ2) is 6.94. The summed E-state index contributed by atoms with van der Waals surface area (Å²) in [4.78, 5) is 21.6. The fraction of sp³-hybridized carbons (Fsp3) is 0.222. The Morgan fingerprint density at radius 3 is 2.83 bits per heavy atom. The summed E-state index contributed by atoms with van der Waals surface area (Å²) in [6.45, 7) is 1.60. The van der Waals surface area contributed by atoms with Crippen LogP contribution in [0.5, 0.6) is 0 Å². The molecule has 4 nitrogen and oxygen atoms in total. The highest BCUT2D eigenvalue weighted by atomic mass is 35.5. The molecule has 23 heavy (non-hydrogen) atoms. The van der Waals surface area contributed by atoms with Crippen LogP contribution in [0.4, 0.5) is 0 Å². The number of likely N-dealkylation sites (N-methyl/N-ethyl adjacent to an activating group) is 1. The minimum absolute atomic E-state index is 0.0805. The van der Waals surface area contributed by atoms with E-state index < -0.39 is 0 Å². The summed E-state index contributed by atoms with van der Waals surface area (Å²) >= 11 is 6.01. The highest BCUT2D eigenvalue weighted by Crippen LogP contribution is 2.12. The molecule has 0 saturated carbocycles. The second-order valence-corrected chi connectivity index (χ2v) is 6.08. The molecule has 0 aliphatic carbocycles. The molecule has 0 spiro atoms. The lowest BCUT2D eigenvalue weighted by molar-refractivity contribution is 0.328. The summed E-state index contributed by atoms with van der Waals surface area (Å²) in [6, 6.07) is 15.2. The number of hydrogen-bond acceptors (Lipinski definition) is 3. The van der Waals surface area contributed by atoms with Crippen molar-refractivity contribution in [3.63, 3.8) is 0 Å². The van der Waals surface area contributed by atoms with Gasteiger partial charge in [-0.05, 0) is 36.9 Å². The molecule has 0 fully saturated rings. The highest BCUT2D eigenvalue weighted by molar-refractivity contribution is 6.30. The Morgan fingerprint density at radius 1 is 1.17 bits per heavy atom. The van der Waals surface area contributed by atoms with E-state index in [9.17, 15) is 4.79 Å². The van der Waals surface area contributed by atoms with Crippen LogP contribution in [-0.4, -0.2) is 28.5 Å². The highest BCUT2D eigenvalue weighted by Gasteiger charge is 2.06. The van der Waals surface area contributed by atoms with Crippen LogP contribution in [0.25, 0.3) is 10.9 Å². The van der Waals surface area contributed by atoms with Gasteiger partial charge in [0.1, 0.15) is 5.82 Å². The Bertz CT molecular complexity index is 875. The number of nitrogens with zero attached hydrogens (tertiary/aromatic N) is 2. The van der Waals surface area contributed by atoms with Crippen LogP contribution in [0.3, 0.4) is 0 Å². The number of hydrogen-bond donors (Lipinski definition) is 1. The molecule has 3 rings (SSSR count). The quantitative estimate of drug-likeness (QED) is 0.782. The van der Waals surface area contributed by atoms with Crippen LogP contribution >= 0.6 is 11.6 Å². The van der Waals surface area contributed by atoms with Gasteiger partial charge in [-0.15, -0.1) is 0 Å². The third kappa shape index (κ3) is 3.97. The average Bonchev–Trinajstić information content (AvgIpc) is 2.53. The van der Waals surface area contributed by atoms with E-state index in [0.717, 1.165) is 23.6 Å². The molecule has 2 aromatic carbocycles. The van der Waals surface area contributed by atoms with Crippen LogP contribution in [0.15, 0.2) is 53.3 Å². The molecular weight excluding hydrogens is 310 g/mol. The van der Waals surface area contributed by atoms with Crippen molar-refractivity contribution in [2.24, 2.45) is 0 Å². The Hall–Kier alpha value is -2.17. The molecule has 0 bridgehead atoms. The van der Waals surface area contributed by atoms with Crippen LogP contribution < -0.4 is 5.56 Å². The molecule has 0 aliphatic rings. The average molecular weight is 328 g/mol. The minimum atomic E-state index is -0.0805. The summed E-state index contributed by atoms with van der Waals surface area (Å²) in [6.07, 6.45) is 0.692. The molecule has 0 unspecified atom stereocenters. The maximum Gasteiger partial charge on any atom is 0.258 e. The Balaban J connectivity index is 1.67. The Morgan fingerprint density at radius 2 is 2.00 bits per heavy atom. The Labute approximate surface area is 139 Å². The summed E-state index contributed by atoms with van der Waals surface area (Å²) in [5, 5.41) is 1.37. The SMILES string of the molecule is CN(CCc1nc2ccccc2c(=O)[nH]1)Cc1cccc(Cl)c1. The van der Waals surface area contributed by atoms with Gasteiger partial charge in [-0.2, -0.15) is 0 Å². The van der Waals surface area contributed by atoms with Crippen molar-refractivity contribution in [3.05, 3.63) is 75.3 Å². The standard InChI is InChI=1S/C18H18ClN3O/c1-22(12-13-5-4-6-14(19)11-13)10-9-17-20-16-8-3-2-7-15(16)18(23)21-17/h2-8,11H,9-10,12H2,1H3,(H,20,21,23). The predicted octanol–water partition coefficient (Wildman–Crippen LogP) is 3.25. The van der Waals surface area contributed by atoms with E-state index in [1.54, 1.807) is 6.07 Å². The number of nitrogens with one attached hydrogen (secondary N) is 1. The molecule has 0 amide bonds. The minimum Gasteiger partial charge on any atom is -0.310 e. The number of para-hydroxylation sites is 1. The Kier molecular flexibility index (Phi) is 4.74. The van der Waals surface area contributed by atoms with Crippen LogP contribution in [0, 0.1) is 0 Å².